The van der Waals surface area contributed by atoms with Crippen LogP contribution < -0.4 is 4.74 Å². The number of hydrogen-bond acceptors (Lipinski definition) is 2. The van der Waals surface area contributed by atoms with Crippen molar-refractivity contribution >= 4 is 0 Å². The van der Waals surface area contributed by atoms with E-state index in [9.17, 15) is 9.50 Å². The Morgan fingerprint density at radius 1 is 1.14 bits per heavy atom. The third-order valence-corrected chi connectivity index (χ3v) is 3.66. The molecule has 21 heavy (non-hydrogen) atoms. The summed E-state index contributed by atoms with van der Waals surface area (Å²) in [6, 6.07) is 10.1. The molecule has 1 N–H and O–H groups in total. The van der Waals surface area contributed by atoms with E-state index in [1.54, 1.807) is 26.2 Å². The average Bonchev–Trinajstić information content (AvgIpc) is 2.39. The molecule has 2 aromatic rings. The quantitative estimate of drug-likeness (QED) is 0.924. The van der Waals surface area contributed by atoms with Gasteiger partial charge in [0.1, 0.15) is 11.6 Å². The van der Waals surface area contributed by atoms with Gasteiger partial charge in [0.25, 0.3) is 0 Å². The number of rotatable bonds is 4. The fraction of sp³-hybridized carbons (Fsp3) is 0.333. The largest absolute Gasteiger partial charge is 0.496 e. The Hall–Kier alpha value is -1.87. The highest BCUT2D eigenvalue weighted by molar-refractivity contribution is 5.47. The highest BCUT2D eigenvalue weighted by Gasteiger charge is 2.29. The number of methoxy groups -OCH3 is 1. The van der Waals surface area contributed by atoms with E-state index in [0.29, 0.717) is 12.2 Å². The van der Waals surface area contributed by atoms with Crippen LogP contribution >= 0.6 is 0 Å². The fourth-order valence-corrected chi connectivity index (χ4v) is 2.87. The van der Waals surface area contributed by atoms with Crippen LogP contribution in [0.5, 0.6) is 5.75 Å². The summed E-state index contributed by atoms with van der Waals surface area (Å²) in [7, 11) is 1.60. The maximum Gasteiger partial charge on any atom is 0.125 e. The Morgan fingerprint density at radius 2 is 1.76 bits per heavy atom. The predicted octanol–water partition coefficient (Wildman–Crippen LogP) is 3.90. The molecular weight excluding hydrogens is 267 g/mol. The van der Waals surface area contributed by atoms with Crippen molar-refractivity contribution < 1.29 is 14.2 Å². The van der Waals surface area contributed by atoms with E-state index in [0.717, 1.165) is 22.3 Å². The van der Waals surface area contributed by atoms with Crippen molar-refractivity contribution in [3.05, 3.63) is 64.5 Å². The number of halogens is 1. The van der Waals surface area contributed by atoms with Gasteiger partial charge in [0.2, 0.25) is 0 Å². The van der Waals surface area contributed by atoms with Gasteiger partial charge in [-0.3, -0.25) is 0 Å². The van der Waals surface area contributed by atoms with Gasteiger partial charge in [0, 0.05) is 12.0 Å². The van der Waals surface area contributed by atoms with E-state index in [4.69, 9.17) is 4.74 Å². The van der Waals surface area contributed by atoms with E-state index >= 15 is 0 Å². The fourth-order valence-electron chi connectivity index (χ4n) is 2.87. The second-order valence-electron chi connectivity index (χ2n) is 5.74. The van der Waals surface area contributed by atoms with Gasteiger partial charge in [0.05, 0.1) is 12.7 Å². The Morgan fingerprint density at radius 3 is 2.33 bits per heavy atom. The zero-order valence-corrected chi connectivity index (χ0v) is 12.9. The van der Waals surface area contributed by atoms with Crippen LogP contribution in [0, 0.1) is 19.7 Å². The molecule has 2 nitrogen and oxygen atoms in total. The predicted molar refractivity (Wildman–Crippen MR) is 82.1 cm³/mol. The van der Waals surface area contributed by atoms with Crippen molar-refractivity contribution in [3.63, 3.8) is 0 Å². The Balaban J connectivity index is 2.41. The summed E-state index contributed by atoms with van der Waals surface area (Å²) in [5.74, 6) is 0.405. The Bertz CT molecular complexity index is 630. The van der Waals surface area contributed by atoms with Gasteiger partial charge in [0.15, 0.2) is 0 Å². The highest BCUT2D eigenvalue weighted by atomic mass is 19.1. The standard InChI is InChI=1S/C18H21FO2/c1-12-9-13(2)17(16(10-12)21-4)18(3,20)11-14-5-7-15(19)8-6-14/h5-10,20H,11H2,1-4H3. The molecule has 0 aliphatic rings. The number of aryl methyl sites for hydroxylation is 2. The molecule has 0 aromatic heterocycles. The first-order valence-electron chi connectivity index (χ1n) is 6.96. The Kier molecular flexibility index (Phi) is 4.33. The second kappa shape index (κ2) is 5.86. The molecule has 0 aliphatic carbocycles. The summed E-state index contributed by atoms with van der Waals surface area (Å²) < 4.78 is 18.4. The summed E-state index contributed by atoms with van der Waals surface area (Å²) >= 11 is 0. The summed E-state index contributed by atoms with van der Waals surface area (Å²) in [5, 5.41) is 10.9. The highest BCUT2D eigenvalue weighted by Crippen LogP contribution is 2.36. The van der Waals surface area contributed by atoms with E-state index < -0.39 is 5.60 Å². The van der Waals surface area contributed by atoms with Crippen LogP contribution in [0.3, 0.4) is 0 Å². The lowest BCUT2D eigenvalue weighted by Crippen LogP contribution is -2.26. The molecule has 2 rings (SSSR count). The van der Waals surface area contributed by atoms with Gasteiger partial charge in [-0.25, -0.2) is 4.39 Å². The Labute approximate surface area is 125 Å². The second-order valence-corrected chi connectivity index (χ2v) is 5.74. The van der Waals surface area contributed by atoms with Crippen LogP contribution in [0.1, 0.15) is 29.2 Å². The first-order chi connectivity index (χ1) is 9.83. The van der Waals surface area contributed by atoms with Crippen molar-refractivity contribution in [2.45, 2.75) is 32.8 Å². The molecule has 0 saturated carbocycles. The van der Waals surface area contributed by atoms with Crippen molar-refractivity contribution in [1.82, 2.24) is 0 Å². The van der Waals surface area contributed by atoms with Gasteiger partial charge in [-0.15, -0.1) is 0 Å². The molecule has 0 bridgehead atoms. The lowest BCUT2D eigenvalue weighted by molar-refractivity contribution is 0.0542. The van der Waals surface area contributed by atoms with Crippen LogP contribution in [0.15, 0.2) is 36.4 Å². The normalized spacial score (nSPS) is 13.8. The molecule has 0 aliphatic heterocycles. The molecule has 0 spiro atoms. The molecule has 1 atom stereocenters. The van der Waals surface area contributed by atoms with Gasteiger partial charge >= 0.3 is 0 Å². The molecule has 0 fully saturated rings. The maximum atomic E-state index is 13.0. The van der Waals surface area contributed by atoms with E-state index in [1.807, 2.05) is 26.0 Å². The zero-order valence-electron chi connectivity index (χ0n) is 12.9. The molecule has 112 valence electrons. The summed E-state index contributed by atoms with van der Waals surface area (Å²) in [6.45, 7) is 5.72. The van der Waals surface area contributed by atoms with E-state index in [1.165, 1.54) is 12.1 Å². The first-order valence-corrected chi connectivity index (χ1v) is 6.96. The van der Waals surface area contributed by atoms with Gasteiger partial charge in [-0.05, 0) is 55.7 Å². The lowest BCUT2D eigenvalue weighted by Gasteiger charge is -2.28. The number of hydrogen-bond donors (Lipinski definition) is 1. The van der Waals surface area contributed by atoms with Crippen LogP contribution in [-0.4, -0.2) is 12.2 Å². The molecule has 1 unspecified atom stereocenters. The van der Waals surface area contributed by atoms with Crippen molar-refractivity contribution in [2.24, 2.45) is 0 Å². The smallest absolute Gasteiger partial charge is 0.125 e. The summed E-state index contributed by atoms with van der Waals surface area (Å²) in [6.07, 6.45) is 0.396. The van der Waals surface area contributed by atoms with Gasteiger partial charge in [-0.2, -0.15) is 0 Å². The molecular formula is C18H21FO2. The molecule has 0 radical (unpaired) electrons. The van der Waals surface area contributed by atoms with Crippen LogP contribution in [0.2, 0.25) is 0 Å². The first kappa shape index (κ1) is 15.5. The molecule has 0 saturated heterocycles. The minimum atomic E-state index is -1.08. The summed E-state index contributed by atoms with van der Waals surface area (Å²) in [4.78, 5) is 0. The van der Waals surface area contributed by atoms with Crippen molar-refractivity contribution in [2.75, 3.05) is 7.11 Å². The molecule has 0 heterocycles. The topological polar surface area (TPSA) is 29.5 Å². The monoisotopic (exact) mass is 288 g/mol. The number of ether oxygens (including phenoxy) is 1. The van der Waals surface area contributed by atoms with E-state index in [2.05, 4.69) is 0 Å². The summed E-state index contributed by atoms with van der Waals surface area (Å²) in [5.41, 5.74) is 2.65. The van der Waals surface area contributed by atoms with Crippen LogP contribution in [0.25, 0.3) is 0 Å². The van der Waals surface area contributed by atoms with Gasteiger partial charge in [-0.1, -0.05) is 18.2 Å². The number of aliphatic hydroxyl groups is 1. The zero-order chi connectivity index (χ0) is 15.6. The van der Waals surface area contributed by atoms with Gasteiger partial charge < -0.3 is 9.84 Å². The third kappa shape index (κ3) is 3.42. The molecule has 2 aromatic carbocycles. The van der Waals surface area contributed by atoms with Crippen molar-refractivity contribution in [1.29, 1.82) is 0 Å². The lowest BCUT2D eigenvalue weighted by atomic mass is 9.85. The van der Waals surface area contributed by atoms with Crippen molar-refractivity contribution in [3.8, 4) is 5.75 Å². The number of benzene rings is 2. The third-order valence-electron chi connectivity index (χ3n) is 3.66. The SMILES string of the molecule is COc1cc(C)cc(C)c1C(C)(O)Cc1ccc(F)cc1. The molecule has 0 amide bonds. The van der Waals surface area contributed by atoms with E-state index in [-0.39, 0.29) is 5.82 Å². The minimum absolute atomic E-state index is 0.275. The van der Waals surface area contributed by atoms with Crippen LogP contribution in [-0.2, 0) is 12.0 Å². The molecule has 3 heteroatoms. The maximum absolute atomic E-state index is 13.0. The van der Waals surface area contributed by atoms with Crippen LogP contribution in [0.4, 0.5) is 4.39 Å². The minimum Gasteiger partial charge on any atom is -0.496 e. The average molecular weight is 288 g/mol.